The molecule has 0 unspecified atom stereocenters. The first kappa shape index (κ1) is 17.5. The number of nitrogens with one attached hydrogen (secondary N) is 2. The highest BCUT2D eigenvalue weighted by Crippen LogP contribution is 2.27. The second kappa shape index (κ2) is 7.31. The minimum Gasteiger partial charge on any atom is -0.495 e. The van der Waals surface area contributed by atoms with Gasteiger partial charge in [-0.05, 0) is 43.7 Å². The summed E-state index contributed by atoms with van der Waals surface area (Å²) in [5.74, 6) is 0.656. The molecule has 1 aromatic heterocycles. The molecule has 26 heavy (non-hydrogen) atoms. The Labute approximate surface area is 150 Å². The Morgan fingerprint density at radius 3 is 2.73 bits per heavy atom. The summed E-state index contributed by atoms with van der Waals surface area (Å²) in [4.78, 5) is 12.7. The summed E-state index contributed by atoms with van der Waals surface area (Å²) in [6, 6.07) is 12.5. The molecule has 0 saturated carbocycles. The van der Waals surface area contributed by atoms with Crippen molar-refractivity contribution in [3.05, 3.63) is 59.1 Å². The molecule has 3 aromatic rings. The lowest BCUT2D eigenvalue weighted by molar-refractivity contribution is 0.102. The highest BCUT2D eigenvalue weighted by molar-refractivity contribution is 6.06. The van der Waals surface area contributed by atoms with Crippen molar-refractivity contribution in [3.63, 3.8) is 0 Å². The third-order valence-electron chi connectivity index (χ3n) is 3.91. The number of para-hydroxylation sites is 1. The summed E-state index contributed by atoms with van der Waals surface area (Å²) in [6.07, 6.45) is 0. The number of hydrogen-bond donors (Lipinski definition) is 2. The lowest BCUT2D eigenvalue weighted by Gasteiger charge is -2.12. The van der Waals surface area contributed by atoms with Gasteiger partial charge in [0.2, 0.25) is 5.55 Å². The predicted molar refractivity (Wildman–Crippen MR) is 98.9 cm³/mol. The number of fused-ring (bicyclic) bond motifs is 1. The van der Waals surface area contributed by atoms with E-state index in [2.05, 4.69) is 5.32 Å². The summed E-state index contributed by atoms with van der Waals surface area (Å²) in [7, 11) is 1.54. The van der Waals surface area contributed by atoms with Gasteiger partial charge in [-0.2, -0.15) is 0 Å². The summed E-state index contributed by atoms with van der Waals surface area (Å²) in [5, 5.41) is 11.6. The molecule has 0 radical (unpaired) electrons. The minimum absolute atomic E-state index is 0.134. The average Bonchev–Trinajstić information content (AvgIpc) is 2.62. The van der Waals surface area contributed by atoms with Crippen LogP contribution in [0.1, 0.15) is 22.8 Å². The normalized spacial score (nSPS) is 10.6. The van der Waals surface area contributed by atoms with Gasteiger partial charge in [0.1, 0.15) is 11.3 Å². The van der Waals surface area contributed by atoms with Crippen molar-refractivity contribution in [2.45, 2.75) is 13.8 Å². The van der Waals surface area contributed by atoms with Crippen LogP contribution < -0.4 is 20.3 Å². The van der Waals surface area contributed by atoms with Crippen molar-refractivity contribution in [1.29, 1.82) is 5.41 Å². The highest BCUT2D eigenvalue weighted by Gasteiger charge is 2.15. The van der Waals surface area contributed by atoms with Crippen LogP contribution in [0.15, 0.2) is 46.9 Å². The molecule has 6 nitrogen and oxygen atoms in total. The Balaban J connectivity index is 2.00. The lowest BCUT2D eigenvalue weighted by Crippen LogP contribution is -2.21. The molecule has 2 N–H and O–H groups in total. The van der Waals surface area contributed by atoms with Crippen LogP contribution >= 0.6 is 0 Å². The fourth-order valence-corrected chi connectivity index (χ4v) is 2.68. The third kappa shape index (κ3) is 3.39. The van der Waals surface area contributed by atoms with Gasteiger partial charge in [0.05, 0.1) is 19.4 Å². The van der Waals surface area contributed by atoms with Gasteiger partial charge in [0.25, 0.3) is 5.91 Å². The van der Waals surface area contributed by atoms with E-state index in [1.165, 1.54) is 7.11 Å². The van der Waals surface area contributed by atoms with E-state index in [9.17, 15) is 4.79 Å². The quantitative estimate of drug-likeness (QED) is 0.730. The van der Waals surface area contributed by atoms with Crippen LogP contribution in [0.5, 0.6) is 11.5 Å². The van der Waals surface area contributed by atoms with Gasteiger partial charge in [-0.25, -0.2) is 0 Å². The molecule has 0 bridgehead atoms. The zero-order chi connectivity index (χ0) is 18.7. The van der Waals surface area contributed by atoms with Crippen LogP contribution in [0.25, 0.3) is 11.0 Å². The molecule has 0 spiro atoms. The Bertz CT molecular complexity index is 1020. The number of rotatable bonds is 5. The van der Waals surface area contributed by atoms with E-state index in [-0.39, 0.29) is 11.1 Å². The maximum absolute atomic E-state index is 12.7. The molecule has 134 valence electrons. The summed E-state index contributed by atoms with van der Waals surface area (Å²) in [6.45, 7) is 4.28. The van der Waals surface area contributed by atoms with Crippen LogP contribution in [-0.4, -0.2) is 19.6 Å². The Kier molecular flexibility index (Phi) is 4.93. The van der Waals surface area contributed by atoms with Crippen LogP contribution in [0.3, 0.4) is 0 Å². The van der Waals surface area contributed by atoms with Crippen molar-refractivity contribution in [3.8, 4) is 11.5 Å². The second-order valence-corrected chi connectivity index (χ2v) is 5.75. The topological polar surface area (TPSA) is 84.5 Å². The third-order valence-corrected chi connectivity index (χ3v) is 3.91. The zero-order valence-corrected chi connectivity index (χ0v) is 14.9. The number of carbonyl (C=O) groups is 1. The molecular formula is C20H20N2O4. The number of aryl methyl sites for hydroxylation is 1. The number of benzene rings is 2. The van der Waals surface area contributed by atoms with Gasteiger partial charge in [0, 0.05) is 5.39 Å². The van der Waals surface area contributed by atoms with Crippen molar-refractivity contribution < 1.29 is 18.7 Å². The monoisotopic (exact) mass is 352 g/mol. The molecule has 1 heterocycles. The van der Waals surface area contributed by atoms with E-state index in [4.69, 9.17) is 19.3 Å². The van der Waals surface area contributed by atoms with E-state index in [1.807, 2.05) is 38.1 Å². The van der Waals surface area contributed by atoms with Gasteiger partial charge in [-0.3, -0.25) is 10.2 Å². The van der Waals surface area contributed by atoms with Crippen LogP contribution in [0.2, 0.25) is 0 Å². The Morgan fingerprint density at radius 1 is 1.19 bits per heavy atom. The molecular weight excluding hydrogens is 332 g/mol. The molecule has 2 aromatic carbocycles. The molecule has 0 aliphatic rings. The maximum atomic E-state index is 12.7. The number of anilines is 1. The van der Waals surface area contributed by atoms with E-state index in [0.717, 1.165) is 5.56 Å². The van der Waals surface area contributed by atoms with E-state index in [0.29, 0.717) is 34.8 Å². The summed E-state index contributed by atoms with van der Waals surface area (Å²) in [5.41, 5.74) is 1.88. The molecule has 3 rings (SSSR count). The molecule has 6 heteroatoms. The molecule has 0 fully saturated rings. The number of ether oxygens (including phenoxy) is 2. The average molecular weight is 352 g/mol. The first-order chi connectivity index (χ1) is 12.5. The van der Waals surface area contributed by atoms with Gasteiger partial charge in [0.15, 0.2) is 11.3 Å². The van der Waals surface area contributed by atoms with Crippen LogP contribution in [0, 0.1) is 12.3 Å². The Morgan fingerprint density at radius 2 is 2.00 bits per heavy atom. The smallest absolute Gasteiger partial charge is 0.261 e. The van der Waals surface area contributed by atoms with E-state index in [1.54, 1.807) is 18.2 Å². The number of amides is 1. The fourth-order valence-electron chi connectivity index (χ4n) is 2.68. The van der Waals surface area contributed by atoms with E-state index < -0.39 is 5.91 Å². The molecule has 1 amide bonds. The molecule has 0 saturated heterocycles. The fraction of sp³-hybridized carbons (Fsp3) is 0.200. The van der Waals surface area contributed by atoms with Crippen molar-refractivity contribution in [2.24, 2.45) is 0 Å². The highest BCUT2D eigenvalue weighted by atomic mass is 16.5. The first-order valence-electron chi connectivity index (χ1n) is 8.23. The second-order valence-electron chi connectivity index (χ2n) is 5.75. The van der Waals surface area contributed by atoms with Crippen LogP contribution in [-0.2, 0) is 0 Å². The van der Waals surface area contributed by atoms with Gasteiger partial charge < -0.3 is 19.2 Å². The van der Waals surface area contributed by atoms with E-state index >= 15 is 0 Å². The maximum Gasteiger partial charge on any atom is 0.261 e. The van der Waals surface area contributed by atoms with Gasteiger partial charge in [-0.15, -0.1) is 0 Å². The Hall–Kier alpha value is -3.28. The van der Waals surface area contributed by atoms with Gasteiger partial charge in [-0.1, -0.05) is 18.2 Å². The first-order valence-corrected chi connectivity index (χ1v) is 8.23. The summed E-state index contributed by atoms with van der Waals surface area (Å²) < 4.78 is 16.4. The number of methoxy groups -OCH3 is 1. The van der Waals surface area contributed by atoms with Crippen LogP contribution in [0.4, 0.5) is 5.69 Å². The lowest BCUT2D eigenvalue weighted by atomic mass is 10.1. The number of hydrogen-bond acceptors (Lipinski definition) is 5. The standard InChI is InChI=1S/C20H20N2O4/c1-4-25-17-7-5-6-13-11-14(19(21)26-18(13)17)20(23)22-15-10-12(2)8-9-16(15)24-3/h5-11,21H,4H2,1-3H3,(H,22,23). The zero-order valence-electron chi connectivity index (χ0n) is 14.9. The largest absolute Gasteiger partial charge is 0.495 e. The minimum atomic E-state index is -0.439. The molecule has 0 aliphatic carbocycles. The predicted octanol–water partition coefficient (Wildman–Crippen LogP) is 3.88. The molecule has 0 aliphatic heterocycles. The van der Waals surface area contributed by atoms with Gasteiger partial charge >= 0.3 is 0 Å². The SMILES string of the molecule is CCOc1cccc2cc(C(=O)Nc3cc(C)ccc3OC)c(=N)oc12. The molecule has 0 atom stereocenters. The van der Waals surface area contributed by atoms with Crippen molar-refractivity contribution in [2.75, 3.05) is 19.0 Å². The van der Waals surface area contributed by atoms with Crippen molar-refractivity contribution in [1.82, 2.24) is 0 Å². The number of carbonyl (C=O) groups excluding carboxylic acids is 1. The summed E-state index contributed by atoms with van der Waals surface area (Å²) >= 11 is 0. The van der Waals surface area contributed by atoms with Crippen molar-refractivity contribution >= 4 is 22.6 Å².